The monoisotopic (exact) mass is 334 g/mol. The SMILES string of the molecule is C=CC(=O)OC1(CCC)Cc2cccc3ccc4c(c23)C1CC(=O)C4. The van der Waals surface area contributed by atoms with Crippen molar-refractivity contribution in [3.8, 4) is 0 Å². The third-order valence-electron chi connectivity index (χ3n) is 5.70. The smallest absolute Gasteiger partial charge is 0.330 e. The third-order valence-corrected chi connectivity index (χ3v) is 5.70. The molecule has 3 nitrogen and oxygen atoms in total. The van der Waals surface area contributed by atoms with Gasteiger partial charge in [-0.3, -0.25) is 4.79 Å². The number of rotatable bonds is 4. The van der Waals surface area contributed by atoms with Crippen molar-refractivity contribution in [2.45, 2.75) is 50.5 Å². The molecule has 3 heteroatoms. The zero-order valence-corrected chi connectivity index (χ0v) is 14.5. The van der Waals surface area contributed by atoms with Gasteiger partial charge in [0.05, 0.1) is 0 Å². The number of hydrogen-bond donors (Lipinski definition) is 0. The Morgan fingerprint density at radius 3 is 2.92 bits per heavy atom. The summed E-state index contributed by atoms with van der Waals surface area (Å²) in [5, 5.41) is 2.47. The van der Waals surface area contributed by atoms with Crippen LogP contribution in [0.25, 0.3) is 10.8 Å². The molecule has 128 valence electrons. The van der Waals surface area contributed by atoms with E-state index in [0.29, 0.717) is 19.3 Å². The normalized spacial score (nSPS) is 24.2. The fraction of sp³-hybridized carbons (Fsp3) is 0.364. The Balaban J connectivity index is 1.98. The highest BCUT2D eigenvalue weighted by Gasteiger charge is 2.49. The Morgan fingerprint density at radius 2 is 2.16 bits per heavy atom. The molecule has 0 saturated heterocycles. The maximum absolute atomic E-state index is 12.4. The number of esters is 1. The van der Waals surface area contributed by atoms with E-state index < -0.39 is 11.6 Å². The summed E-state index contributed by atoms with van der Waals surface area (Å²) < 4.78 is 5.99. The van der Waals surface area contributed by atoms with Crippen molar-refractivity contribution in [1.82, 2.24) is 0 Å². The van der Waals surface area contributed by atoms with Gasteiger partial charge in [0.25, 0.3) is 0 Å². The first-order valence-electron chi connectivity index (χ1n) is 8.98. The highest BCUT2D eigenvalue weighted by molar-refractivity contribution is 5.96. The van der Waals surface area contributed by atoms with Crippen LogP contribution < -0.4 is 0 Å². The molecule has 2 aliphatic carbocycles. The minimum Gasteiger partial charge on any atom is -0.455 e. The largest absolute Gasteiger partial charge is 0.455 e. The summed E-state index contributed by atoms with van der Waals surface area (Å²) in [5.41, 5.74) is 2.87. The summed E-state index contributed by atoms with van der Waals surface area (Å²) >= 11 is 0. The van der Waals surface area contributed by atoms with E-state index in [1.54, 1.807) is 0 Å². The fourth-order valence-corrected chi connectivity index (χ4v) is 4.82. The molecule has 0 N–H and O–H groups in total. The van der Waals surface area contributed by atoms with Crippen molar-refractivity contribution in [3.05, 3.63) is 59.7 Å². The van der Waals surface area contributed by atoms with Crippen LogP contribution in [0.2, 0.25) is 0 Å². The van der Waals surface area contributed by atoms with E-state index in [0.717, 1.165) is 18.4 Å². The Bertz CT molecular complexity index is 896. The molecule has 0 saturated carbocycles. The first-order valence-corrected chi connectivity index (χ1v) is 8.98. The number of ketones is 1. The average Bonchev–Trinajstić information content (AvgIpc) is 2.60. The molecule has 0 bridgehead atoms. The lowest BCUT2D eigenvalue weighted by Gasteiger charge is -2.46. The Hall–Kier alpha value is -2.42. The van der Waals surface area contributed by atoms with E-state index in [1.807, 2.05) is 0 Å². The van der Waals surface area contributed by atoms with Crippen LogP contribution in [0.15, 0.2) is 43.0 Å². The molecule has 2 atom stereocenters. The summed E-state index contributed by atoms with van der Waals surface area (Å²) in [6.07, 6.45) is 4.45. The molecule has 0 heterocycles. The topological polar surface area (TPSA) is 43.4 Å². The lowest BCUT2D eigenvalue weighted by Crippen LogP contribution is -2.47. The lowest BCUT2D eigenvalue weighted by atomic mass is 9.63. The molecule has 0 aromatic heterocycles. The van der Waals surface area contributed by atoms with E-state index in [-0.39, 0.29) is 11.7 Å². The maximum Gasteiger partial charge on any atom is 0.330 e. The van der Waals surface area contributed by atoms with E-state index in [2.05, 4.69) is 43.8 Å². The number of carbonyl (C=O) groups is 2. The van der Waals surface area contributed by atoms with Gasteiger partial charge in [-0.2, -0.15) is 0 Å². The van der Waals surface area contributed by atoms with E-state index in [4.69, 9.17) is 4.74 Å². The molecule has 25 heavy (non-hydrogen) atoms. The fourth-order valence-electron chi connectivity index (χ4n) is 4.82. The predicted molar refractivity (Wildman–Crippen MR) is 97.6 cm³/mol. The number of hydrogen-bond acceptors (Lipinski definition) is 3. The molecule has 4 rings (SSSR count). The van der Waals surface area contributed by atoms with Crippen molar-refractivity contribution < 1.29 is 14.3 Å². The van der Waals surface area contributed by atoms with Crippen LogP contribution in [0, 0.1) is 0 Å². The van der Waals surface area contributed by atoms with Gasteiger partial charge in [-0.1, -0.05) is 50.3 Å². The van der Waals surface area contributed by atoms with Crippen LogP contribution in [0.1, 0.15) is 48.8 Å². The first-order chi connectivity index (χ1) is 12.1. The number of ether oxygens (including phenoxy) is 1. The van der Waals surface area contributed by atoms with E-state index >= 15 is 0 Å². The second-order valence-corrected chi connectivity index (χ2v) is 7.24. The number of Topliss-reactive ketones (excluding diaryl/α,β-unsaturated/α-hetero) is 1. The van der Waals surface area contributed by atoms with Crippen LogP contribution in [0.3, 0.4) is 0 Å². The van der Waals surface area contributed by atoms with Gasteiger partial charge in [-0.05, 0) is 33.9 Å². The van der Waals surface area contributed by atoms with Crippen molar-refractivity contribution in [3.63, 3.8) is 0 Å². The Kier molecular flexibility index (Phi) is 3.75. The van der Waals surface area contributed by atoms with Crippen LogP contribution in [0.4, 0.5) is 0 Å². The Labute approximate surface area is 147 Å². The van der Waals surface area contributed by atoms with Crippen molar-refractivity contribution in [2.75, 3.05) is 0 Å². The maximum atomic E-state index is 12.4. The van der Waals surface area contributed by atoms with Gasteiger partial charge in [0.1, 0.15) is 11.4 Å². The minimum absolute atomic E-state index is 0.0637. The molecule has 2 aromatic carbocycles. The molecule has 0 spiro atoms. The molecule has 0 aliphatic heterocycles. The van der Waals surface area contributed by atoms with Crippen LogP contribution >= 0.6 is 0 Å². The zero-order valence-electron chi connectivity index (χ0n) is 14.5. The standard InChI is InChI=1S/C22H22O3/c1-3-10-22(25-19(24)4-2)13-16-7-5-6-14-8-9-15-11-17(23)12-18(22)21(15)20(14)16/h4-9,18H,2-3,10-13H2,1H3. The summed E-state index contributed by atoms with van der Waals surface area (Å²) in [6.45, 7) is 5.65. The molecular formula is C22H22O3. The highest BCUT2D eigenvalue weighted by atomic mass is 16.6. The molecule has 2 aromatic rings. The lowest BCUT2D eigenvalue weighted by molar-refractivity contribution is -0.159. The third kappa shape index (κ3) is 2.41. The zero-order chi connectivity index (χ0) is 17.6. The second kappa shape index (κ2) is 5.83. The molecule has 0 radical (unpaired) electrons. The number of carbonyl (C=O) groups excluding carboxylic acids is 2. The summed E-state index contributed by atoms with van der Waals surface area (Å²) in [6, 6.07) is 10.5. The molecule has 2 aliphatic rings. The van der Waals surface area contributed by atoms with E-state index in [1.165, 1.54) is 28.0 Å². The average molecular weight is 334 g/mol. The van der Waals surface area contributed by atoms with Gasteiger partial charge in [0, 0.05) is 31.3 Å². The highest BCUT2D eigenvalue weighted by Crippen LogP contribution is 2.51. The van der Waals surface area contributed by atoms with Gasteiger partial charge in [-0.15, -0.1) is 0 Å². The second-order valence-electron chi connectivity index (χ2n) is 7.24. The van der Waals surface area contributed by atoms with Crippen molar-refractivity contribution in [2.24, 2.45) is 0 Å². The molecule has 0 fully saturated rings. The van der Waals surface area contributed by atoms with Crippen molar-refractivity contribution in [1.29, 1.82) is 0 Å². The van der Waals surface area contributed by atoms with Gasteiger partial charge < -0.3 is 4.74 Å². The Morgan fingerprint density at radius 1 is 1.32 bits per heavy atom. The quantitative estimate of drug-likeness (QED) is 0.620. The summed E-state index contributed by atoms with van der Waals surface area (Å²) in [7, 11) is 0. The molecule has 2 unspecified atom stereocenters. The predicted octanol–water partition coefficient (Wildman–Crippen LogP) is 4.26. The van der Waals surface area contributed by atoms with Gasteiger partial charge in [0.2, 0.25) is 0 Å². The van der Waals surface area contributed by atoms with E-state index in [9.17, 15) is 9.59 Å². The van der Waals surface area contributed by atoms with Crippen LogP contribution in [0.5, 0.6) is 0 Å². The van der Waals surface area contributed by atoms with Crippen molar-refractivity contribution >= 4 is 22.5 Å². The first kappa shape index (κ1) is 16.1. The van der Waals surface area contributed by atoms with Crippen LogP contribution in [-0.2, 0) is 27.2 Å². The summed E-state index contributed by atoms with van der Waals surface area (Å²) in [4.78, 5) is 24.6. The van der Waals surface area contributed by atoms with Gasteiger partial charge in [-0.25, -0.2) is 4.79 Å². The summed E-state index contributed by atoms with van der Waals surface area (Å²) in [5.74, 6) is -0.239. The molecule has 0 amide bonds. The van der Waals surface area contributed by atoms with Crippen LogP contribution in [-0.4, -0.2) is 17.4 Å². The minimum atomic E-state index is -0.659. The number of benzene rings is 2. The van der Waals surface area contributed by atoms with Gasteiger partial charge in [0.15, 0.2) is 0 Å². The van der Waals surface area contributed by atoms with Gasteiger partial charge >= 0.3 is 5.97 Å². The molecular weight excluding hydrogens is 312 g/mol.